The maximum atomic E-state index is 14.2. The predicted octanol–water partition coefficient (Wildman–Crippen LogP) is 2.33. The summed E-state index contributed by atoms with van der Waals surface area (Å²) in [5.41, 5.74) is -0.633. The third-order valence-corrected chi connectivity index (χ3v) is 4.50. The highest BCUT2D eigenvalue weighted by molar-refractivity contribution is 5.88. The van der Waals surface area contributed by atoms with E-state index in [0.717, 1.165) is 12.8 Å². The Bertz CT molecular complexity index is 584. The molecule has 0 aromatic heterocycles. The molecule has 1 aliphatic carbocycles. The molecule has 0 bridgehead atoms. The Hall–Kier alpha value is -1.95. The largest absolute Gasteiger partial charge is 0.452 e. The SMILES string of the molecule is COCCNC(=O)[C@H](C)OC(=O)C1(c2ccccc2F)CCCC1. The van der Waals surface area contributed by atoms with Crippen molar-refractivity contribution in [3.63, 3.8) is 0 Å². The molecule has 2 rings (SSSR count). The lowest BCUT2D eigenvalue weighted by Gasteiger charge is -2.29. The first-order chi connectivity index (χ1) is 11.5. The number of halogens is 1. The van der Waals surface area contributed by atoms with Crippen molar-refractivity contribution < 1.29 is 23.5 Å². The topological polar surface area (TPSA) is 64.6 Å². The van der Waals surface area contributed by atoms with E-state index in [9.17, 15) is 14.0 Å². The van der Waals surface area contributed by atoms with Crippen molar-refractivity contribution in [1.29, 1.82) is 0 Å². The van der Waals surface area contributed by atoms with Gasteiger partial charge in [-0.15, -0.1) is 0 Å². The number of amides is 1. The molecule has 1 fully saturated rings. The molecule has 0 unspecified atom stereocenters. The van der Waals surface area contributed by atoms with Gasteiger partial charge in [-0.2, -0.15) is 0 Å². The molecule has 1 atom stereocenters. The number of nitrogens with one attached hydrogen (secondary N) is 1. The molecule has 0 saturated heterocycles. The van der Waals surface area contributed by atoms with Gasteiger partial charge in [0.15, 0.2) is 6.10 Å². The van der Waals surface area contributed by atoms with Crippen LogP contribution in [0.25, 0.3) is 0 Å². The van der Waals surface area contributed by atoms with E-state index >= 15 is 0 Å². The number of hydrogen-bond acceptors (Lipinski definition) is 4. The van der Waals surface area contributed by atoms with E-state index in [1.54, 1.807) is 18.2 Å². The maximum Gasteiger partial charge on any atom is 0.317 e. The van der Waals surface area contributed by atoms with E-state index in [1.807, 2.05) is 0 Å². The Kier molecular flexibility index (Phi) is 6.31. The summed E-state index contributed by atoms with van der Waals surface area (Å²) < 4.78 is 24.5. The molecular formula is C18H24FNO4. The Morgan fingerprint density at radius 3 is 2.58 bits per heavy atom. The lowest BCUT2D eigenvalue weighted by Crippen LogP contribution is -2.42. The molecule has 6 heteroatoms. The van der Waals surface area contributed by atoms with Gasteiger partial charge in [0.25, 0.3) is 5.91 Å². The van der Waals surface area contributed by atoms with Gasteiger partial charge in [0, 0.05) is 19.2 Å². The second-order valence-corrected chi connectivity index (χ2v) is 6.10. The van der Waals surface area contributed by atoms with Crippen molar-refractivity contribution in [3.8, 4) is 0 Å². The third-order valence-electron chi connectivity index (χ3n) is 4.50. The highest BCUT2D eigenvalue weighted by atomic mass is 19.1. The van der Waals surface area contributed by atoms with Crippen LogP contribution in [-0.2, 0) is 24.5 Å². The molecule has 1 aliphatic rings. The minimum atomic E-state index is -0.994. The van der Waals surface area contributed by atoms with Crippen LogP contribution in [0.2, 0.25) is 0 Å². The van der Waals surface area contributed by atoms with Crippen LogP contribution in [0.1, 0.15) is 38.2 Å². The summed E-state index contributed by atoms with van der Waals surface area (Å²) in [4.78, 5) is 24.7. The molecule has 24 heavy (non-hydrogen) atoms. The molecule has 1 saturated carbocycles. The van der Waals surface area contributed by atoms with Gasteiger partial charge >= 0.3 is 5.97 Å². The minimum Gasteiger partial charge on any atom is -0.452 e. The second-order valence-electron chi connectivity index (χ2n) is 6.10. The van der Waals surface area contributed by atoms with E-state index in [1.165, 1.54) is 20.1 Å². The monoisotopic (exact) mass is 337 g/mol. The van der Waals surface area contributed by atoms with Gasteiger partial charge < -0.3 is 14.8 Å². The fourth-order valence-electron chi connectivity index (χ4n) is 3.16. The van der Waals surface area contributed by atoms with Crippen LogP contribution in [0.3, 0.4) is 0 Å². The first kappa shape index (κ1) is 18.4. The fourth-order valence-corrected chi connectivity index (χ4v) is 3.16. The number of hydrogen-bond donors (Lipinski definition) is 1. The summed E-state index contributed by atoms with van der Waals surface area (Å²) in [5.74, 6) is -1.32. The third kappa shape index (κ3) is 3.93. The quantitative estimate of drug-likeness (QED) is 0.613. The zero-order valence-corrected chi connectivity index (χ0v) is 14.1. The zero-order chi connectivity index (χ0) is 17.6. The Morgan fingerprint density at radius 2 is 1.96 bits per heavy atom. The summed E-state index contributed by atoms with van der Waals surface area (Å²) in [6, 6.07) is 6.29. The molecule has 5 nitrogen and oxygen atoms in total. The number of ether oxygens (including phenoxy) is 2. The molecule has 0 spiro atoms. The average molecular weight is 337 g/mol. The molecule has 0 heterocycles. The smallest absolute Gasteiger partial charge is 0.317 e. The van der Waals surface area contributed by atoms with Gasteiger partial charge in [-0.05, 0) is 25.8 Å². The molecule has 1 N–H and O–H groups in total. The zero-order valence-electron chi connectivity index (χ0n) is 14.1. The summed E-state index contributed by atoms with van der Waals surface area (Å²) in [6.07, 6.45) is 1.80. The Balaban J connectivity index is 2.10. The molecule has 1 amide bonds. The highest BCUT2D eigenvalue weighted by Gasteiger charge is 2.46. The van der Waals surface area contributed by atoms with Crippen molar-refractivity contribution in [1.82, 2.24) is 5.32 Å². The van der Waals surface area contributed by atoms with Crippen molar-refractivity contribution in [2.75, 3.05) is 20.3 Å². The van der Waals surface area contributed by atoms with Crippen molar-refractivity contribution in [2.24, 2.45) is 0 Å². The number of rotatable bonds is 7. The highest BCUT2D eigenvalue weighted by Crippen LogP contribution is 2.43. The lowest BCUT2D eigenvalue weighted by atomic mass is 9.78. The van der Waals surface area contributed by atoms with Gasteiger partial charge in [-0.3, -0.25) is 9.59 Å². The number of carbonyl (C=O) groups is 2. The second kappa shape index (κ2) is 8.24. The van der Waals surface area contributed by atoms with Crippen LogP contribution in [0.4, 0.5) is 4.39 Å². The Labute approximate surface area is 141 Å². The summed E-state index contributed by atoms with van der Waals surface area (Å²) in [7, 11) is 1.54. The molecular weight excluding hydrogens is 313 g/mol. The van der Waals surface area contributed by atoms with Crippen LogP contribution < -0.4 is 5.32 Å². The average Bonchev–Trinajstić information content (AvgIpc) is 3.06. The van der Waals surface area contributed by atoms with E-state index in [4.69, 9.17) is 9.47 Å². The van der Waals surface area contributed by atoms with Crippen LogP contribution in [0.15, 0.2) is 24.3 Å². The Morgan fingerprint density at radius 1 is 1.29 bits per heavy atom. The number of methoxy groups -OCH3 is 1. The molecule has 0 aliphatic heterocycles. The minimum absolute atomic E-state index is 0.343. The molecule has 1 aromatic carbocycles. The van der Waals surface area contributed by atoms with Crippen molar-refractivity contribution >= 4 is 11.9 Å². The van der Waals surface area contributed by atoms with Crippen LogP contribution in [0.5, 0.6) is 0 Å². The van der Waals surface area contributed by atoms with Crippen molar-refractivity contribution in [2.45, 2.75) is 44.1 Å². The van der Waals surface area contributed by atoms with E-state index in [0.29, 0.717) is 31.6 Å². The van der Waals surface area contributed by atoms with Gasteiger partial charge in [-0.25, -0.2) is 4.39 Å². The summed E-state index contributed by atoms with van der Waals surface area (Å²) in [6.45, 7) is 2.24. The van der Waals surface area contributed by atoms with E-state index in [2.05, 4.69) is 5.32 Å². The number of benzene rings is 1. The summed E-state index contributed by atoms with van der Waals surface area (Å²) >= 11 is 0. The van der Waals surface area contributed by atoms with Crippen LogP contribution in [0, 0.1) is 5.82 Å². The van der Waals surface area contributed by atoms with Gasteiger partial charge in [0.05, 0.1) is 12.0 Å². The first-order valence-electron chi connectivity index (χ1n) is 8.24. The maximum absolute atomic E-state index is 14.2. The molecule has 0 radical (unpaired) electrons. The van der Waals surface area contributed by atoms with Gasteiger partial charge in [0.1, 0.15) is 5.82 Å². The molecule has 1 aromatic rings. The van der Waals surface area contributed by atoms with Crippen LogP contribution in [-0.4, -0.2) is 38.2 Å². The van der Waals surface area contributed by atoms with E-state index in [-0.39, 0.29) is 5.91 Å². The van der Waals surface area contributed by atoms with Gasteiger partial charge in [-0.1, -0.05) is 31.0 Å². The normalized spacial score (nSPS) is 17.3. The van der Waals surface area contributed by atoms with Crippen LogP contribution >= 0.6 is 0 Å². The standard InChI is InChI=1S/C18H24FNO4/c1-13(16(21)20-11-12-23-2)24-17(22)18(9-5-6-10-18)14-7-3-4-8-15(14)19/h3-4,7-8,13H,5-6,9-12H2,1-2H3,(H,20,21)/t13-/m0/s1. The summed E-state index contributed by atoms with van der Waals surface area (Å²) in [5, 5.41) is 2.63. The fraction of sp³-hybridized carbons (Fsp3) is 0.556. The predicted molar refractivity (Wildman–Crippen MR) is 87.0 cm³/mol. The first-order valence-corrected chi connectivity index (χ1v) is 8.24. The number of carbonyl (C=O) groups excluding carboxylic acids is 2. The van der Waals surface area contributed by atoms with Crippen molar-refractivity contribution in [3.05, 3.63) is 35.6 Å². The number of esters is 1. The van der Waals surface area contributed by atoms with Gasteiger partial charge in [0.2, 0.25) is 0 Å². The van der Waals surface area contributed by atoms with E-state index < -0.39 is 23.3 Å². The molecule has 132 valence electrons. The lowest BCUT2D eigenvalue weighted by molar-refractivity contribution is -0.160.